The highest BCUT2D eigenvalue weighted by molar-refractivity contribution is 8.00. The Morgan fingerprint density at radius 3 is 2.31 bits per heavy atom. The van der Waals surface area contributed by atoms with Gasteiger partial charge < -0.3 is 4.74 Å². The van der Waals surface area contributed by atoms with Gasteiger partial charge in [0, 0.05) is 12.6 Å². The van der Waals surface area contributed by atoms with E-state index in [4.69, 9.17) is 4.74 Å². The van der Waals surface area contributed by atoms with Gasteiger partial charge >= 0.3 is 0 Å². The Hall–Kier alpha value is -2.63. The number of aromatic nitrogens is 2. The summed E-state index contributed by atoms with van der Waals surface area (Å²) in [6, 6.07) is 12.4. The lowest BCUT2D eigenvalue weighted by atomic mass is 10.2. The molecule has 8 nitrogen and oxygen atoms in total. The van der Waals surface area contributed by atoms with Crippen molar-refractivity contribution in [2.24, 2.45) is 0 Å². The number of thioether (sulfide) groups is 1. The number of nitrogens with one attached hydrogen (secondary N) is 1. The molecule has 152 valence electrons. The van der Waals surface area contributed by atoms with Gasteiger partial charge in [-0.05, 0) is 54.8 Å². The quantitative estimate of drug-likeness (QED) is 0.435. The molecule has 2 aromatic carbocycles. The van der Waals surface area contributed by atoms with Gasteiger partial charge in [-0.1, -0.05) is 23.1 Å². The van der Waals surface area contributed by atoms with Gasteiger partial charge in [0.25, 0.3) is 15.9 Å². The monoisotopic (exact) mass is 450 g/mol. The molecule has 0 aliphatic carbocycles. The lowest BCUT2D eigenvalue weighted by Gasteiger charge is -2.20. The van der Waals surface area contributed by atoms with Crippen LogP contribution in [0.15, 0.2) is 57.8 Å². The summed E-state index contributed by atoms with van der Waals surface area (Å²) >= 11 is 2.72. The van der Waals surface area contributed by atoms with Crippen LogP contribution in [0.4, 0.5) is 10.8 Å². The predicted molar refractivity (Wildman–Crippen MR) is 115 cm³/mol. The highest BCUT2D eigenvalue weighted by Gasteiger charge is 2.21. The molecule has 3 rings (SSSR count). The molecule has 0 bridgehead atoms. The number of carbonyl (C=O) groups is 1. The average Bonchev–Trinajstić information content (AvgIpc) is 3.20. The maximum Gasteiger partial charge on any atom is 0.264 e. The number of hydrogen-bond acceptors (Lipinski definition) is 8. The van der Waals surface area contributed by atoms with Crippen LogP contribution in [0, 0.1) is 0 Å². The van der Waals surface area contributed by atoms with Crippen molar-refractivity contribution in [3.05, 3.63) is 54.1 Å². The molecule has 1 amide bonds. The molecular weight excluding hydrogens is 432 g/mol. The Bertz CT molecular complexity index is 1100. The van der Waals surface area contributed by atoms with Gasteiger partial charge in [-0.15, -0.1) is 10.2 Å². The highest BCUT2D eigenvalue weighted by atomic mass is 32.2. The second kappa shape index (κ2) is 8.80. The summed E-state index contributed by atoms with van der Waals surface area (Å²) in [5, 5.41) is 10.9. The summed E-state index contributed by atoms with van der Waals surface area (Å²) in [6.45, 7) is 0. The molecule has 0 radical (unpaired) electrons. The summed E-state index contributed by atoms with van der Waals surface area (Å²) in [7, 11) is -0.768. The van der Waals surface area contributed by atoms with Crippen molar-refractivity contribution < 1.29 is 17.9 Å². The number of nitrogens with zero attached hydrogens (tertiary/aromatic N) is 3. The Balaban J connectivity index is 1.74. The van der Waals surface area contributed by atoms with E-state index in [-0.39, 0.29) is 10.8 Å². The standard InChI is InChI=1S/C18H18N4O4S3/c1-22(29(24,25)15-10-8-14(26-2)9-11-15)13-6-4-12(5-7-13)16(23)19-17-20-21-18(27-3)28-17/h4-11H,1-3H3,(H,19,20,23). The number of anilines is 2. The SMILES string of the molecule is COc1ccc(S(=O)(=O)N(C)c2ccc(C(=O)Nc3nnc(SC)s3)cc2)cc1. The maximum atomic E-state index is 12.8. The van der Waals surface area contributed by atoms with Gasteiger partial charge in [0.05, 0.1) is 17.7 Å². The molecule has 1 N–H and O–H groups in total. The zero-order valence-corrected chi connectivity index (χ0v) is 18.3. The van der Waals surface area contributed by atoms with Crippen molar-refractivity contribution in [2.45, 2.75) is 9.24 Å². The first kappa shape index (κ1) is 21.1. The second-order valence-corrected chi connectivity index (χ2v) is 9.73. The molecule has 3 aromatic rings. The lowest BCUT2D eigenvalue weighted by Crippen LogP contribution is -2.26. The average molecular weight is 451 g/mol. The molecular formula is C18H18N4O4S3. The Morgan fingerprint density at radius 1 is 1.10 bits per heavy atom. The van der Waals surface area contributed by atoms with Crippen LogP contribution in [0.25, 0.3) is 0 Å². The second-order valence-electron chi connectivity index (χ2n) is 5.73. The molecule has 0 aliphatic rings. The van der Waals surface area contributed by atoms with E-state index in [0.717, 1.165) is 8.64 Å². The lowest BCUT2D eigenvalue weighted by molar-refractivity contribution is 0.102. The fourth-order valence-corrected chi connectivity index (χ4v) is 4.74. The zero-order valence-electron chi connectivity index (χ0n) is 15.8. The van der Waals surface area contributed by atoms with Crippen LogP contribution < -0.4 is 14.4 Å². The maximum absolute atomic E-state index is 12.8. The summed E-state index contributed by atoms with van der Waals surface area (Å²) in [6.07, 6.45) is 1.88. The molecule has 1 heterocycles. The number of benzene rings is 2. The molecule has 0 saturated carbocycles. The number of carbonyl (C=O) groups excluding carboxylic acids is 1. The van der Waals surface area contributed by atoms with Crippen LogP contribution in [0.1, 0.15) is 10.4 Å². The molecule has 1 aromatic heterocycles. The van der Waals surface area contributed by atoms with Crippen molar-refractivity contribution in [3.8, 4) is 5.75 Å². The van der Waals surface area contributed by atoms with Crippen molar-refractivity contribution in [1.29, 1.82) is 0 Å². The van der Waals surface area contributed by atoms with Gasteiger partial charge in [-0.25, -0.2) is 8.42 Å². The zero-order chi connectivity index (χ0) is 21.0. The largest absolute Gasteiger partial charge is 0.497 e. The minimum absolute atomic E-state index is 0.142. The minimum Gasteiger partial charge on any atom is -0.497 e. The number of methoxy groups -OCH3 is 1. The number of amides is 1. The van der Waals surface area contributed by atoms with Crippen molar-refractivity contribution >= 4 is 49.8 Å². The van der Waals surface area contributed by atoms with Crippen molar-refractivity contribution in [3.63, 3.8) is 0 Å². The van der Waals surface area contributed by atoms with Crippen LogP contribution in [0.3, 0.4) is 0 Å². The third kappa shape index (κ3) is 4.69. The fraction of sp³-hybridized carbons (Fsp3) is 0.167. The van der Waals surface area contributed by atoms with Gasteiger partial charge in [0.1, 0.15) is 5.75 Å². The van der Waals surface area contributed by atoms with Crippen LogP contribution in [-0.4, -0.2) is 44.9 Å². The van der Waals surface area contributed by atoms with E-state index in [9.17, 15) is 13.2 Å². The first-order valence-electron chi connectivity index (χ1n) is 8.27. The van der Waals surface area contributed by atoms with E-state index in [0.29, 0.717) is 22.1 Å². The van der Waals surface area contributed by atoms with Crippen LogP contribution in [0.5, 0.6) is 5.75 Å². The van der Waals surface area contributed by atoms with E-state index in [1.807, 2.05) is 6.26 Å². The summed E-state index contributed by atoms with van der Waals surface area (Å²) < 4.78 is 32.6. The van der Waals surface area contributed by atoms with E-state index in [1.54, 1.807) is 36.4 Å². The molecule has 0 saturated heterocycles. The molecule has 0 unspecified atom stereocenters. The highest BCUT2D eigenvalue weighted by Crippen LogP contribution is 2.25. The minimum atomic E-state index is -3.74. The topological polar surface area (TPSA) is 101 Å². The molecule has 0 aliphatic heterocycles. The Kier molecular flexibility index (Phi) is 6.40. The molecule has 0 spiro atoms. The summed E-state index contributed by atoms with van der Waals surface area (Å²) in [5.41, 5.74) is 0.808. The first-order valence-corrected chi connectivity index (χ1v) is 11.7. The van der Waals surface area contributed by atoms with Gasteiger partial charge in [-0.3, -0.25) is 14.4 Å². The molecule has 0 atom stereocenters. The van der Waals surface area contributed by atoms with Crippen molar-refractivity contribution in [1.82, 2.24) is 10.2 Å². The Labute approximate surface area is 177 Å². The Morgan fingerprint density at radius 2 is 1.76 bits per heavy atom. The van der Waals surface area contributed by atoms with Crippen LogP contribution in [-0.2, 0) is 10.0 Å². The third-order valence-corrected chi connectivity index (χ3v) is 7.63. The molecule has 0 fully saturated rings. The summed E-state index contributed by atoms with van der Waals surface area (Å²) in [4.78, 5) is 12.5. The third-order valence-electron chi connectivity index (χ3n) is 4.01. The van der Waals surface area contributed by atoms with E-state index in [1.165, 1.54) is 49.4 Å². The summed E-state index contributed by atoms with van der Waals surface area (Å²) in [5.74, 6) is 0.225. The number of ether oxygens (including phenoxy) is 1. The van der Waals surface area contributed by atoms with Crippen LogP contribution in [0.2, 0.25) is 0 Å². The van der Waals surface area contributed by atoms with Crippen molar-refractivity contribution in [2.75, 3.05) is 30.0 Å². The smallest absolute Gasteiger partial charge is 0.264 e. The van der Waals surface area contributed by atoms with Gasteiger partial charge in [0.2, 0.25) is 5.13 Å². The van der Waals surface area contributed by atoms with E-state index in [2.05, 4.69) is 15.5 Å². The normalized spacial score (nSPS) is 11.1. The fourth-order valence-electron chi connectivity index (χ4n) is 2.38. The van der Waals surface area contributed by atoms with E-state index >= 15 is 0 Å². The molecule has 11 heteroatoms. The first-order chi connectivity index (χ1) is 13.8. The van der Waals surface area contributed by atoms with Gasteiger partial charge in [-0.2, -0.15) is 0 Å². The predicted octanol–water partition coefficient (Wildman–Crippen LogP) is 3.35. The number of sulfonamides is 1. The van der Waals surface area contributed by atoms with Crippen LogP contribution >= 0.6 is 23.1 Å². The number of hydrogen-bond donors (Lipinski definition) is 1. The number of rotatable bonds is 7. The molecule has 29 heavy (non-hydrogen) atoms. The van der Waals surface area contributed by atoms with Gasteiger partial charge in [0.15, 0.2) is 4.34 Å². The van der Waals surface area contributed by atoms with E-state index < -0.39 is 10.0 Å².